The van der Waals surface area contributed by atoms with Crippen LogP contribution in [0.3, 0.4) is 0 Å². The van der Waals surface area contributed by atoms with Gasteiger partial charge in [0.05, 0.1) is 17.4 Å². The van der Waals surface area contributed by atoms with Crippen molar-refractivity contribution in [1.29, 1.82) is 0 Å². The summed E-state index contributed by atoms with van der Waals surface area (Å²) in [4.78, 5) is 23.2. The minimum Gasteiger partial charge on any atom is -0.345 e. The first kappa shape index (κ1) is 11.7. The number of nitrogens with one attached hydrogen (secondary N) is 1. The number of amides is 1. The third-order valence-electron chi connectivity index (χ3n) is 3.76. The lowest BCUT2D eigenvalue weighted by Gasteiger charge is -2.27. The molecule has 3 heterocycles. The zero-order chi connectivity index (χ0) is 13.5. The van der Waals surface area contributed by atoms with E-state index in [0.717, 1.165) is 36.1 Å². The number of benzene rings is 1. The molecule has 20 heavy (non-hydrogen) atoms. The molecule has 5 heteroatoms. The Bertz CT molecular complexity index is 789. The van der Waals surface area contributed by atoms with Crippen LogP contribution in [0.25, 0.3) is 11.0 Å². The molecule has 1 N–H and O–H groups in total. The number of carbonyl (C=O) groups excluding carboxylic acids is 1. The van der Waals surface area contributed by atoms with E-state index >= 15 is 0 Å². The fourth-order valence-electron chi connectivity index (χ4n) is 2.67. The molecule has 4 nitrogen and oxygen atoms in total. The predicted octanol–water partition coefficient (Wildman–Crippen LogP) is 2.82. The van der Waals surface area contributed by atoms with Crippen LogP contribution >= 0.6 is 11.3 Å². The molecule has 0 radical (unpaired) electrons. The van der Waals surface area contributed by atoms with Gasteiger partial charge in [-0.2, -0.15) is 0 Å². The highest BCUT2D eigenvalue weighted by Gasteiger charge is 2.22. The maximum Gasteiger partial charge on any atom is 0.254 e. The lowest BCUT2D eigenvalue weighted by molar-refractivity contribution is 0.0736. The molecule has 0 bridgehead atoms. The number of aromatic amines is 1. The normalized spacial score (nSPS) is 14.5. The third kappa shape index (κ3) is 1.82. The molecule has 0 unspecified atom stereocenters. The van der Waals surface area contributed by atoms with Crippen LogP contribution in [-0.4, -0.2) is 27.3 Å². The monoisotopic (exact) mass is 283 g/mol. The molecule has 0 aliphatic carbocycles. The van der Waals surface area contributed by atoms with Gasteiger partial charge in [-0.15, -0.1) is 11.3 Å². The van der Waals surface area contributed by atoms with Gasteiger partial charge in [-0.05, 0) is 41.6 Å². The molecule has 3 aromatic rings. The van der Waals surface area contributed by atoms with Crippen LogP contribution in [0.15, 0.2) is 36.0 Å². The van der Waals surface area contributed by atoms with Crippen molar-refractivity contribution in [3.63, 3.8) is 0 Å². The van der Waals surface area contributed by atoms with Crippen LogP contribution in [0.4, 0.5) is 0 Å². The number of imidazole rings is 1. The Hall–Kier alpha value is -2.14. The van der Waals surface area contributed by atoms with Crippen molar-refractivity contribution in [1.82, 2.24) is 14.9 Å². The van der Waals surface area contributed by atoms with Crippen LogP contribution in [0, 0.1) is 0 Å². The standard InChI is InChI=1S/C15H13N3OS/c19-15(10-1-2-12-13(7-10)17-9-16-12)18-5-3-14-11(8-18)4-6-20-14/h1-2,4,6-7,9H,3,5,8H2,(H,16,17). The molecule has 1 aliphatic rings. The molecule has 0 saturated heterocycles. The van der Waals surface area contributed by atoms with Gasteiger partial charge >= 0.3 is 0 Å². The molecule has 100 valence electrons. The van der Waals surface area contributed by atoms with Gasteiger partial charge < -0.3 is 9.88 Å². The molecule has 1 aromatic carbocycles. The van der Waals surface area contributed by atoms with Crippen LogP contribution in [0.5, 0.6) is 0 Å². The maximum absolute atomic E-state index is 12.6. The average Bonchev–Trinajstić information content (AvgIpc) is 3.13. The summed E-state index contributed by atoms with van der Waals surface area (Å²) in [5.41, 5.74) is 3.81. The van der Waals surface area contributed by atoms with Crippen molar-refractivity contribution in [2.75, 3.05) is 6.54 Å². The summed E-state index contributed by atoms with van der Waals surface area (Å²) in [7, 11) is 0. The highest BCUT2D eigenvalue weighted by atomic mass is 32.1. The number of aromatic nitrogens is 2. The summed E-state index contributed by atoms with van der Waals surface area (Å²) in [6.07, 6.45) is 2.61. The summed E-state index contributed by atoms with van der Waals surface area (Å²) in [6.45, 7) is 1.52. The second kappa shape index (κ2) is 4.45. The maximum atomic E-state index is 12.6. The van der Waals surface area contributed by atoms with E-state index in [4.69, 9.17) is 0 Å². The molecule has 1 amide bonds. The minimum atomic E-state index is 0.0957. The Morgan fingerprint density at radius 2 is 2.30 bits per heavy atom. The fourth-order valence-corrected chi connectivity index (χ4v) is 3.56. The Morgan fingerprint density at radius 3 is 3.25 bits per heavy atom. The average molecular weight is 283 g/mol. The topological polar surface area (TPSA) is 49.0 Å². The summed E-state index contributed by atoms with van der Waals surface area (Å²) in [5.74, 6) is 0.0957. The Balaban J connectivity index is 1.64. The SMILES string of the molecule is O=C(c1ccc2nc[nH]c2c1)N1CCc2sccc2C1. The van der Waals surface area contributed by atoms with Crippen molar-refractivity contribution in [3.8, 4) is 0 Å². The number of carbonyl (C=O) groups is 1. The van der Waals surface area contributed by atoms with E-state index in [2.05, 4.69) is 21.4 Å². The van der Waals surface area contributed by atoms with Gasteiger partial charge in [0.2, 0.25) is 0 Å². The van der Waals surface area contributed by atoms with E-state index < -0.39 is 0 Å². The van der Waals surface area contributed by atoms with Crippen molar-refractivity contribution in [2.45, 2.75) is 13.0 Å². The zero-order valence-corrected chi connectivity index (χ0v) is 11.6. The van der Waals surface area contributed by atoms with Crippen molar-refractivity contribution in [3.05, 3.63) is 52.0 Å². The quantitative estimate of drug-likeness (QED) is 0.746. The lowest BCUT2D eigenvalue weighted by atomic mass is 10.1. The van der Waals surface area contributed by atoms with E-state index in [-0.39, 0.29) is 5.91 Å². The van der Waals surface area contributed by atoms with Gasteiger partial charge in [-0.3, -0.25) is 4.79 Å². The number of hydrogen-bond donors (Lipinski definition) is 1. The Kier molecular flexibility index (Phi) is 2.60. The number of thiophene rings is 1. The highest BCUT2D eigenvalue weighted by molar-refractivity contribution is 7.10. The third-order valence-corrected chi connectivity index (χ3v) is 4.79. The van der Waals surface area contributed by atoms with Gasteiger partial charge in [0.25, 0.3) is 5.91 Å². The zero-order valence-electron chi connectivity index (χ0n) is 10.8. The van der Waals surface area contributed by atoms with E-state index in [1.54, 1.807) is 17.7 Å². The van der Waals surface area contributed by atoms with E-state index in [9.17, 15) is 4.79 Å². The van der Waals surface area contributed by atoms with Crippen molar-refractivity contribution < 1.29 is 4.79 Å². The first-order chi connectivity index (χ1) is 9.81. The summed E-state index contributed by atoms with van der Waals surface area (Å²) in [5, 5.41) is 2.11. The van der Waals surface area contributed by atoms with Crippen molar-refractivity contribution in [2.24, 2.45) is 0 Å². The van der Waals surface area contributed by atoms with Crippen LogP contribution in [0.2, 0.25) is 0 Å². The predicted molar refractivity (Wildman–Crippen MR) is 78.9 cm³/mol. The van der Waals surface area contributed by atoms with Gasteiger partial charge in [0.15, 0.2) is 0 Å². The van der Waals surface area contributed by atoms with Crippen LogP contribution < -0.4 is 0 Å². The molecule has 4 rings (SSSR count). The van der Waals surface area contributed by atoms with Gasteiger partial charge in [0, 0.05) is 23.5 Å². The molecule has 0 spiro atoms. The largest absolute Gasteiger partial charge is 0.345 e. The smallest absolute Gasteiger partial charge is 0.254 e. The van der Waals surface area contributed by atoms with Gasteiger partial charge in [0.1, 0.15) is 0 Å². The van der Waals surface area contributed by atoms with Gasteiger partial charge in [-0.25, -0.2) is 4.98 Å². The van der Waals surface area contributed by atoms with Gasteiger partial charge in [-0.1, -0.05) is 0 Å². The Labute approximate surface area is 120 Å². The molecule has 0 saturated carbocycles. The van der Waals surface area contributed by atoms with E-state index in [1.807, 2.05) is 23.1 Å². The summed E-state index contributed by atoms with van der Waals surface area (Å²) >= 11 is 1.79. The van der Waals surface area contributed by atoms with Crippen LogP contribution in [-0.2, 0) is 13.0 Å². The first-order valence-electron chi connectivity index (χ1n) is 6.59. The number of rotatable bonds is 1. The Morgan fingerprint density at radius 1 is 1.35 bits per heavy atom. The molecular formula is C15H13N3OS. The molecular weight excluding hydrogens is 270 g/mol. The fraction of sp³-hybridized carbons (Fsp3) is 0.200. The molecule has 0 atom stereocenters. The lowest BCUT2D eigenvalue weighted by Crippen LogP contribution is -2.35. The molecule has 1 aliphatic heterocycles. The second-order valence-electron chi connectivity index (χ2n) is 4.98. The van der Waals surface area contributed by atoms with Crippen molar-refractivity contribution >= 4 is 28.3 Å². The summed E-state index contributed by atoms with van der Waals surface area (Å²) in [6, 6.07) is 7.75. The van der Waals surface area contributed by atoms with E-state index in [0.29, 0.717) is 0 Å². The van der Waals surface area contributed by atoms with Crippen LogP contribution in [0.1, 0.15) is 20.8 Å². The number of fused-ring (bicyclic) bond motifs is 2. The molecule has 2 aromatic heterocycles. The highest BCUT2D eigenvalue weighted by Crippen LogP contribution is 2.25. The first-order valence-corrected chi connectivity index (χ1v) is 7.47. The number of nitrogens with zero attached hydrogens (tertiary/aromatic N) is 2. The van der Waals surface area contributed by atoms with E-state index in [1.165, 1.54) is 10.4 Å². The summed E-state index contributed by atoms with van der Waals surface area (Å²) < 4.78 is 0. The molecule has 0 fully saturated rings. The minimum absolute atomic E-state index is 0.0957. The number of H-pyrrole nitrogens is 1. The number of hydrogen-bond acceptors (Lipinski definition) is 3. The second-order valence-corrected chi connectivity index (χ2v) is 5.98.